The fourth-order valence-corrected chi connectivity index (χ4v) is 1.97. The molecule has 0 aromatic heterocycles. The minimum absolute atomic E-state index is 0.0102. The molecular weight excluding hydrogens is 230 g/mol. The summed E-state index contributed by atoms with van der Waals surface area (Å²) in [6.45, 7) is 6.25. The van der Waals surface area contributed by atoms with E-state index in [1.54, 1.807) is 12.1 Å². The number of hydrogen-bond acceptors (Lipinski definition) is 3. The van der Waals surface area contributed by atoms with Gasteiger partial charge in [-0.15, -0.1) is 0 Å². The van der Waals surface area contributed by atoms with Crippen molar-refractivity contribution in [3.63, 3.8) is 0 Å². The van der Waals surface area contributed by atoms with Crippen LogP contribution in [0.5, 0.6) is 0 Å². The van der Waals surface area contributed by atoms with Gasteiger partial charge in [-0.05, 0) is 16.5 Å². The van der Waals surface area contributed by atoms with Crippen molar-refractivity contribution in [3.8, 4) is 0 Å². The molecule has 18 heavy (non-hydrogen) atoms. The first kappa shape index (κ1) is 12.5. The van der Waals surface area contributed by atoms with E-state index in [9.17, 15) is 14.4 Å². The van der Waals surface area contributed by atoms with Gasteiger partial charge in [0.1, 0.15) is 5.92 Å². The molecule has 0 bridgehead atoms. The molecule has 1 atom stereocenters. The summed E-state index contributed by atoms with van der Waals surface area (Å²) in [5.74, 6) is -3.01. The predicted octanol–water partition coefficient (Wildman–Crippen LogP) is 1.29. The smallest absolute Gasteiger partial charge is 0.289 e. The lowest BCUT2D eigenvalue weighted by atomic mass is 9.85. The summed E-state index contributed by atoms with van der Waals surface area (Å²) in [4.78, 5) is 34.2. The van der Waals surface area contributed by atoms with Gasteiger partial charge in [0.05, 0.1) is 0 Å². The van der Waals surface area contributed by atoms with Crippen molar-refractivity contribution in [1.82, 2.24) is 5.32 Å². The first-order chi connectivity index (χ1) is 8.30. The Bertz CT molecular complexity index is 523. The Balaban J connectivity index is 2.33. The third kappa shape index (κ3) is 2.06. The number of hydrogen-bond donors (Lipinski definition) is 1. The lowest BCUT2D eigenvalue weighted by molar-refractivity contribution is -0.135. The Labute approximate surface area is 105 Å². The number of rotatable bonds is 1. The zero-order chi connectivity index (χ0) is 13.5. The van der Waals surface area contributed by atoms with E-state index in [1.165, 1.54) is 0 Å². The lowest BCUT2D eigenvalue weighted by Gasteiger charge is -2.19. The fraction of sp³-hybridized carbons (Fsp3) is 0.357. The van der Waals surface area contributed by atoms with Crippen molar-refractivity contribution in [2.24, 2.45) is 0 Å². The van der Waals surface area contributed by atoms with Gasteiger partial charge in [0.25, 0.3) is 5.91 Å². The monoisotopic (exact) mass is 245 g/mol. The minimum atomic E-state index is -0.980. The van der Waals surface area contributed by atoms with E-state index in [1.807, 2.05) is 17.4 Å². The highest BCUT2D eigenvalue weighted by Crippen LogP contribution is 2.26. The highest BCUT2D eigenvalue weighted by Gasteiger charge is 2.41. The fourth-order valence-electron chi connectivity index (χ4n) is 1.97. The van der Waals surface area contributed by atoms with E-state index in [0.29, 0.717) is 5.56 Å². The molecule has 0 aliphatic carbocycles. The van der Waals surface area contributed by atoms with Gasteiger partial charge in [0.15, 0.2) is 0 Å². The second-order valence-corrected chi connectivity index (χ2v) is 5.49. The van der Waals surface area contributed by atoms with Crippen LogP contribution >= 0.6 is 0 Å². The molecule has 0 unspecified atom stereocenters. The van der Waals surface area contributed by atoms with Crippen LogP contribution in [-0.4, -0.2) is 17.6 Å². The number of carbonyl (C=O) groups excluding carboxylic acids is 3. The molecule has 2 amide bonds. The lowest BCUT2D eigenvalue weighted by Crippen LogP contribution is -2.22. The first-order valence-corrected chi connectivity index (χ1v) is 5.80. The van der Waals surface area contributed by atoms with E-state index >= 15 is 0 Å². The molecule has 1 heterocycles. The zero-order valence-corrected chi connectivity index (χ0v) is 10.6. The largest absolute Gasteiger partial charge is 0.295 e. The maximum absolute atomic E-state index is 11.6. The Hall–Kier alpha value is -1.97. The highest BCUT2D eigenvalue weighted by atomic mass is 16.2. The molecule has 4 nitrogen and oxygen atoms in total. The molecule has 1 aliphatic rings. The number of benzene rings is 1. The minimum Gasteiger partial charge on any atom is -0.289 e. The second-order valence-electron chi connectivity index (χ2n) is 5.49. The van der Waals surface area contributed by atoms with Crippen molar-refractivity contribution in [1.29, 1.82) is 0 Å². The topological polar surface area (TPSA) is 63.2 Å². The third-order valence-electron chi connectivity index (χ3n) is 3.09. The van der Waals surface area contributed by atoms with E-state index in [4.69, 9.17) is 0 Å². The van der Waals surface area contributed by atoms with Crippen LogP contribution in [0.1, 0.15) is 37.8 Å². The number of amides is 2. The summed E-state index contributed by atoms with van der Waals surface area (Å²) in [5, 5.41) is 2.03. The number of imide groups is 1. The molecule has 1 fully saturated rings. The summed E-state index contributed by atoms with van der Waals surface area (Å²) in [5.41, 5.74) is 1.69. The van der Waals surface area contributed by atoms with Gasteiger partial charge >= 0.3 is 0 Å². The molecule has 1 aromatic carbocycles. The molecule has 0 saturated carbocycles. The van der Waals surface area contributed by atoms with Gasteiger partial charge in [0, 0.05) is 0 Å². The molecule has 0 radical (unpaired) electrons. The Morgan fingerprint density at radius 3 is 1.94 bits per heavy atom. The average Bonchev–Trinajstić information content (AvgIpc) is 2.52. The summed E-state index contributed by atoms with van der Waals surface area (Å²) in [6, 6.07) is 7.25. The van der Waals surface area contributed by atoms with E-state index in [2.05, 4.69) is 20.8 Å². The molecule has 2 rings (SSSR count). The summed E-state index contributed by atoms with van der Waals surface area (Å²) in [7, 11) is 0. The second kappa shape index (κ2) is 4.05. The molecule has 1 N–H and O–H groups in total. The van der Waals surface area contributed by atoms with Crippen LogP contribution < -0.4 is 5.32 Å². The third-order valence-corrected chi connectivity index (χ3v) is 3.09. The number of nitrogens with one attached hydrogen (secondary N) is 1. The van der Waals surface area contributed by atoms with E-state index < -0.39 is 23.5 Å². The summed E-state index contributed by atoms with van der Waals surface area (Å²) >= 11 is 0. The van der Waals surface area contributed by atoms with Crippen LogP contribution in [0.25, 0.3) is 0 Å². The first-order valence-electron chi connectivity index (χ1n) is 5.80. The number of Topliss-reactive ketones (excluding diaryl/α,β-unsaturated/α-hetero) is 1. The molecule has 1 aliphatic heterocycles. The zero-order valence-electron chi connectivity index (χ0n) is 10.6. The van der Waals surface area contributed by atoms with Crippen molar-refractivity contribution >= 4 is 17.6 Å². The van der Waals surface area contributed by atoms with E-state index in [-0.39, 0.29) is 5.41 Å². The van der Waals surface area contributed by atoms with Gasteiger partial charge in [-0.3, -0.25) is 19.7 Å². The maximum Gasteiger partial charge on any atom is 0.295 e. The van der Waals surface area contributed by atoms with E-state index in [0.717, 1.165) is 5.56 Å². The van der Waals surface area contributed by atoms with Gasteiger partial charge < -0.3 is 0 Å². The summed E-state index contributed by atoms with van der Waals surface area (Å²) < 4.78 is 0. The van der Waals surface area contributed by atoms with Crippen LogP contribution in [0.15, 0.2) is 24.3 Å². The van der Waals surface area contributed by atoms with Crippen molar-refractivity contribution < 1.29 is 14.4 Å². The quantitative estimate of drug-likeness (QED) is 0.460. The van der Waals surface area contributed by atoms with Crippen molar-refractivity contribution in [3.05, 3.63) is 35.4 Å². The van der Waals surface area contributed by atoms with Crippen LogP contribution in [0.2, 0.25) is 0 Å². The van der Waals surface area contributed by atoms with Gasteiger partial charge in [-0.25, -0.2) is 0 Å². The molecule has 1 saturated heterocycles. The molecule has 94 valence electrons. The van der Waals surface area contributed by atoms with Gasteiger partial charge in [0.2, 0.25) is 11.7 Å². The Morgan fingerprint density at radius 1 is 1.00 bits per heavy atom. The van der Waals surface area contributed by atoms with Gasteiger partial charge in [-0.2, -0.15) is 0 Å². The number of ketones is 1. The van der Waals surface area contributed by atoms with Crippen LogP contribution in [-0.2, 0) is 19.8 Å². The SMILES string of the molecule is CC(C)(C)c1ccc([C@H]2C(=O)NC(=O)C2=O)cc1. The maximum atomic E-state index is 11.6. The van der Waals surface area contributed by atoms with Crippen LogP contribution in [0.4, 0.5) is 0 Å². The molecule has 4 heteroatoms. The van der Waals surface area contributed by atoms with Crippen LogP contribution in [0, 0.1) is 0 Å². The van der Waals surface area contributed by atoms with Crippen molar-refractivity contribution in [2.75, 3.05) is 0 Å². The summed E-state index contributed by atoms with van der Waals surface area (Å²) in [6.07, 6.45) is 0. The van der Waals surface area contributed by atoms with Crippen LogP contribution in [0.3, 0.4) is 0 Å². The van der Waals surface area contributed by atoms with Crippen molar-refractivity contribution in [2.45, 2.75) is 32.1 Å². The molecular formula is C14H15NO3. The standard InChI is InChI=1S/C14H15NO3/c1-14(2,3)9-6-4-8(5-7-9)10-11(16)13(18)15-12(10)17/h4-7,10H,1-3H3,(H,15,17,18)/t10-/m1/s1. The van der Waals surface area contributed by atoms with Gasteiger partial charge in [-0.1, -0.05) is 45.0 Å². The predicted molar refractivity (Wildman–Crippen MR) is 66.0 cm³/mol. The highest BCUT2D eigenvalue weighted by molar-refractivity contribution is 6.50. The Morgan fingerprint density at radius 2 is 1.56 bits per heavy atom. The normalized spacial score (nSPS) is 20.2. The molecule has 0 spiro atoms. The average molecular weight is 245 g/mol. The Kier molecular flexibility index (Phi) is 2.81. The molecule has 1 aromatic rings. The number of carbonyl (C=O) groups is 3.